The quantitative estimate of drug-likeness (QED) is 0.829. The molecule has 2 nitrogen and oxygen atoms in total. The fourth-order valence-corrected chi connectivity index (χ4v) is 3.44. The van der Waals surface area contributed by atoms with Gasteiger partial charge in [0.25, 0.3) is 0 Å². The second-order valence-corrected chi connectivity index (χ2v) is 5.69. The van der Waals surface area contributed by atoms with E-state index in [2.05, 4.69) is 15.9 Å². The van der Waals surface area contributed by atoms with E-state index in [1.165, 1.54) is 0 Å². The first-order valence-electron chi connectivity index (χ1n) is 5.93. The maximum atomic E-state index is 11.6. The Bertz CT molecular complexity index is 577. The number of hydrogen-bond acceptors (Lipinski definition) is 1. The number of allylic oxidation sites excluding steroid dienone is 3. The molecule has 0 radical (unpaired) electrons. The summed E-state index contributed by atoms with van der Waals surface area (Å²) in [5, 5.41) is 10.2. The van der Waals surface area contributed by atoms with Crippen LogP contribution in [-0.2, 0) is 4.79 Å². The van der Waals surface area contributed by atoms with Crippen LogP contribution in [0.4, 0.5) is 0 Å². The monoisotopic (exact) mass is 340 g/mol. The van der Waals surface area contributed by atoms with Crippen LogP contribution >= 0.6 is 27.5 Å². The fraction of sp³-hybridized carbons (Fsp3) is 0.267. The summed E-state index contributed by atoms with van der Waals surface area (Å²) in [6, 6.07) is 7.96. The highest BCUT2D eigenvalue weighted by Gasteiger charge is 2.43. The molecule has 0 bridgehead atoms. The van der Waals surface area contributed by atoms with Gasteiger partial charge in [0.15, 0.2) is 0 Å². The predicted molar refractivity (Wildman–Crippen MR) is 81.6 cm³/mol. The number of rotatable bonds is 3. The third-order valence-corrected chi connectivity index (χ3v) is 4.95. The van der Waals surface area contributed by atoms with E-state index in [1.807, 2.05) is 37.3 Å². The van der Waals surface area contributed by atoms with Gasteiger partial charge in [-0.2, -0.15) is 0 Å². The lowest BCUT2D eigenvalue weighted by Crippen LogP contribution is -2.35. The Balaban J connectivity index is 2.47. The van der Waals surface area contributed by atoms with Gasteiger partial charge in [-0.15, -0.1) is 0 Å². The van der Waals surface area contributed by atoms with Gasteiger partial charge < -0.3 is 5.11 Å². The lowest BCUT2D eigenvalue weighted by molar-refractivity contribution is -0.144. The molecule has 2 rings (SSSR count). The van der Waals surface area contributed by atoms with E-state index in [1.54, 1.807) is 6.08 Å². The highest BCUT2D eigenvalue weighted by Crippen LogP contribution is 2.45. The topological polar surface area (TPSA) is 37.3 Å². The van der Waals surface area contributed by atoms with Crippen LogP contribution in [0.2, 0.25) is 0 Å². The minimum Gasteiger partial charge on any atom is -0.481 e. The Hall–Kier alpha value is -1.06. The number of carboxylic acids is 1. The number of halogens is 2. The van der Waals surface area contributed by atoms with E-state index in [0.717, 1.165) is 16.7 Å². The molecule has 1 atom stereocenters. The predicted octanol–water partition coefficient (Wildman–Crippen LogP) is 4.37. The summed E-state index contributed by atoms with van der Waals surface area (Å²) in [4.78, 5) is 11.6. The molecular weight excluding hydrogens is 328 g/mol. The van der Waals surface area contributed by atoms with Crippen LogP contribution in [0.25, 0.3) is 5.57 Å². The van der Waals surface area contributed by atoms with Gasteiger partial charge in [-0.3, -0.25) is 4.79 Å². The third-order valence-electron chi connectivity index (χ3n) is 3.51. The van der Waals surface area contributed by atoms with Crippen LogP contribution in [0.3, 0.4) is 0 Å². The molecule has 4 heteroatoms. The van der Waals surface area contributed by atoms with Crippen LogP contribution in [0.15, 0.2) is 41.4 Å². The van der Waals surface area contributed by atoms with E-state index >= 15 is 0 Å². The van der Waals surface area contributed by atoms with Crippen molar-refractivity contribution in [3.05, 3.63) is 52.6 Å². The Morgan fingerprint density at radius 2 is 2.11 bits per heavy atom. The van der Waals surface area contributed by atoms with Crippen molar-refractivity contribution in [2.75, 3.05) is 5.33 Å². The average molecular weight is 342 g/mol. The fourth-order valence-electron chi connectivity index (χ4n) is 2.27. The zero-order valence-corrected chi connectivity index (χ0v) is 12.8. The minimum atomic E-state index is -1.06. The van der Waals surface area contributed by atoms with E-state index < -0.39 is 11.4 Å². The van der Waals surface area contributed by atoms with Crippen molar-refractivity contribution in [1.82, 2.24) is 0 Å². The average Bonchev–Trinajstić information content (AvgIpc) is 2.40. The van der Waals surface area contributed by atoms with Crippen LogP contribution in [0, 0.1) is 12.3 Å². The van der Waals surface area contributed by atoms with Gasteiger partial charge in [0.05, 0.1) is 0 Å². The molecular formula is C15H14BrClO2. The zero-order valence-electron chi connectivity index (χ0n) is 10.5. The molecule has 19 heavy (non-hydrogen) atoms. The SMILES string of the molecule is Cc1ccccc1C1=CC=C(Cl)C(CBr)(C(=O)O)C1. The van der Waals surface area contributed by atoms with E-state index in [4.69, 9.17) is 11.6 Å². The highest BCUT2D eigenvalue weighted by molar-refractivity contribution is 9.09. The van der Waals surface area contributed by atoms with Crippen molar-refractivity contribution >= 4 is 39.1 Å². The van der Waals surface area contributed by atoms with Gasteiger partial charge in [0, 0.05) is 10.4 Å². The van der Waals surface area contributed by atoms with Crippen LogP contribution < -0.4 is 0 Å². The van der Waals surface area contributed by atoms with Crippen molar-refractivity contribution < 1.29 is 9.90 Å². The van der Waals surface area contributed by atoms with Gasteiger partial charge in [-0.05, 0) is 36.1 Å². The Labute approximate surface area is 125 Å². The van der Waals surface area contributed by atoms with Crippen molar-refractivity contribution in [3.8, 4) is 0 Å². The smallest absolute Gasteiger partial charge is 0.316 e. The Morgan fingerprint density at radius 1 is 1.42 bits per heavy atom. The summed E-state index contributed by atoms with van der Waals surface area (Å²) in [7, 11) is 0. The second-order valence-electron chi connectivity index (χ2n) is 4.72. The molecule has 0 aromatic heterocycles. The van der Waals surface area contributed by atoms with E-state index in [-0.39, 0.29) is 0 Å². The molecule has 1 unspecified atom stereocenters. The van der Waals surface area contributed by atoms with Gasteiger partial charge in [0.1, 0.15) is 5.41 Å². The molecule has 0 saturated heterocycles. The summed E-state index contributed by atoms with van der Waals surface area (Å²) in [6.07, 6.45) is 4.00. The zero-order chi connectivity index (χ0) is 14.0. The molecule has 0 aliphatic heterocycles. The highest BCUT2D eigenvalue weighted by atomic mass is 79.9. The van der Waals surface area contributed by atoms with Crippen molar-refractivity contribution in [2.24, 2.45) is 5.41 Å². The number of hydrogen-bond donors (Lipinski definition) is 1. The number of alkyl halides is 1. The molecule has 100 valence electrons. The van der Waals surface area contributed by atoms with Crippen molar-refractivity contribution in [1.29, 1.82) is 0 Å². The molecule has 0 heterocycles. The Kier molecular flexibility index (Phi) is 4.16. The number of aliphatic carboxylic acids is 1. The van der Waals surface area contributed by atoms with E-state index in [0.29, 0.717) is 16.8 Å². The van der Waals surface area contributed by atoms with Gasteiger partial charge in [-0.1, -0.05) is 57.9 Å². The maximum Gasteiger partial charge on any atom is 0.316 e. The summed E-state index contributed by atoms with van der Waals surface area (Å²) < 4.78 is 0. The summed E-state index contributed by atoms with van der Waals surface area (Å²) in [5.74, 6) is -0.898. The number of carboxylic acid groups (broad SMARTS) is 1. The first-order valence-corrected chi connectivity index (χ1v) is 7.43. The molecule has 0 amide bonds. The molecule has 1 aliphatic rings. The summed E-state index contributed by atoms with van der Waals surface area (Å²) in [6.45, 7) is 2.02. The lowest BCUT2D eigenvalue weighted by atomic mass is 9.77. The summed E-state index contributed by atoms with van der Waals surface area (Å²) >= 11 is 9.43. The molecule has 1 N–H and O–H groups in total. The van der Waals surface area contributed by atoms with Gasteiger partial charge in [-0.25, -0.2) is 0 Å². The largest absolute Gasteiger partial charge is 0.481 e. The number of benzene rings is 1. The lowest BCUT2D eigenvalue weighted by Gasteiger charge is -2.31. The molecule has 0 fully saturated rings. The van der Waals surface area contributed by atoms with Gasteiger partial charge >= 0.3 is 5.97 Å². The summed E-state index contributed by atoms with van der Waals surface area (Å²) in [5.41, 5.74) is 2.15. The second kappa shape index (κ2) is 5.51. The van der Waals surface area contributed by atoms with Gasteiger partial charge in [0.2, 0.25) is 0 Å². The Morgan fingerprint density at radius 3 is 2.68 bits per heavy atom. The molecule has 1 aliphatic carbocycles. The first-order chi connectivity index (χ1) is 9.01. The molecule has 0 saturated carbocycles. The molecule has 1 aromatic rings. The van der Waals surface area contributed by atoms with Crippen LogP contribution in [-0.4, -0.2) is 16.4 Å². The number of aryl methyl sites for hydroxylation is 1. The normalized spacial score (nSPS) is 22.7. The van der Waals surface area contributed by atoms with E-state index in [9.17, 15) is 9.90 Å². The maximum absolute atomic E-state index is 11.6. The molecule has 0 spiro atoms. The van der Waals surface area contributed by atoms with Crippen molar-refractivity contribution in [3.63, 3.8) is 0 Å². The standard InChI is InChI=1S/C15H14BrClO2/c1-10-4-2-3-5-12(10)11-6-7-13(17)15(8-11,9-16)14(18)19/h2-7H,8-9H2,1H3,(H,18,19). The van der Waals surface area contributed by atoms with Crippen LogP contribution in [0.5, 0.6) is 0 Å². The molecule has 1 aromatic carbocycles. The minimum absolute atomic E-state index is 0.299. The first kappa shape index (κ1) is 14.4. The number of carbonyl (C=O) groups is 1. The third kappa shape index (κ3) is 2.49. The van der Waals surface area contributed by atoms with Crippen LogP contribution in [0.1, 0.15) is 17.5 Å². The van der Waals surface area contributed by atoms with Crippen molar-refractivity contribution in [2.45, 2.75) is 13.3 Å².